The van der Waals surface area contributed by atoms with Gasteiger partial charge in [0.1, 0.15) is 5.75 Å². The van der Waals surface area contributed by atoms with Crippen LogP contribution in [0.4, 0.5) is 0 Å². The van der Waals surface area contributed by atoms with Crippen molar-refractivity contribution in [3.8, 4) is 5.75 Å². The molecule has 1 N–H and O–H groups in total. The predicted molar refractivity (Wildman–Crippen MR) is 97.2 cm³/mol. The van der Waals surface area contributed by atoms with E-state index in [0.717, 1.165) is 18.5 Å². The molecule has 0 aliphatic carbocycles. The van der Waals surface area contributed by atoms with Gasteiger partial charge in [-0.15, -0.1) is 0 Å². The lowest BCUT2D eigenvalue weighted by molar-refractivity contribution is -0.124. The Morgan fingerprint density at radius 3 is 2.33 bits per heavy atom. The number of nitrogens with one attached hydrogen (secondary N) is 1. The van der Waals surface area contributed by atoms with E-state index in [9.17, 15) is 4.79 Å². The topological polar surface area (TPSA) is 41.6 Å². The minimum Gasteiger partial charge on any atom is -0.484 e. The van der Waals surface area contributed by atoms with E-state index in [1.807, 2.05) is 68.7 Å². The van der Waals surface area contributed by atoms with Crippen molar-refractivity contribution in [1.82, 2.24) is 10.2 Å². The number of hydrogen-bond acceptors (Lipinski definition) is 3. The highest BCUT2D eigenvalue weighted by atomic mass is 16.5. The van der Waals surface area contributed by atoms with Crippen LogP contribution >= 0.6 is 0 Å². The standard InChI is InChI=1S/C20H26N2O2/c1-4-16-10-12-18(13-11-16)24-15-20(23)21-19(14-22(2)3)17-8-6-5-7-9-17/h5-13,19H,4,14-15H2,1-3H3,(H,21,23). The molecule has 0 fully saturated rings. The Balaban J connectivity index is 1.92. The summed E-state index contributed by atoms with van der Waals surface area (Å²) in [6, 6.07) is 17.8. The van der Waals surface area contributed by atoms with E-state index in [-0.39, 0.29) is 18.6 Å². The van der Waals surface area contributed by atoms with Crippen LogP contribution in [0.1, 0.15) is 24.1 Å². The summed E-state index contributed by atoms with van der Waals surface area (Å²) in [5, 5.41) is 3.05. The molecule has 2 aromatic rings. The van der Waals surface area contributed by atoms with Crippen LogP contribution < -0.4 is 10.1 Å². The molecule has 1 atom stereocenters. The molecular weight excluding hydrogens is 300 g/mol. The second-order valence-corrected chi connectivity index (χ2v) is 6.08. The molecule has 0 radical (unpaired) electrons. The van der Waals surface area contributed by atoms with Crippen LogP contribution in [-0.4, -0.2) is 38.1 Å². The average molecular weight is 326 g/mol. The van der Waals surface area contributed by atoms with Crippen LogP contribution in [0, 0.1) is 0 Å². The first-order valence-electron chi connectivity index (χ1n) is 8.29. The van der Waals surface area contributed by atoms with Crippen molar-refractivity contribution >= 4 is 5.91 Å². The number of nitrogens with zero attached hydrogens (tertiary/aromatic N) is 1. The molecule has 2 aromatic carbocycles. The molecule has 0 aromatic heterocycles. The van der Waals surface area contributed by atoms with E-state index in [2.05, 4.69) is 17.1 Å². The van der Waals surface area contributed by atoms with Gasteiger partial charge in [-0.3, -0.25) is 4.79 Å². The van der Waals surface area contributed by atoms with E-state index < -0.39 is 0 Å². The Labute approximate surface area is 144 Å². The maximum absolute atomic E-state index is 12.3. The second-order valence-electron chi connectivity index (χ2n) is 6.08. The van der Waals surface area contributed by atoms with E-state index in [0.29, 0.717) is 5.75 Å². The van der Waals surface area contributed by atoms with Crippen molar-refractivity contribution in [3.63, 3.8) is 0 Å². The van der Waals surface area contributed by atoms with Gasteiger partial charge in [0.25, 0.3) is 5.91 Å². The summed E-state index contributed by atoms with van der Waals surface area (Å²) in [6.45, 7) is 2.86. The Morgan fingerprint density at radius 2 is 1.75 bits per heavy atom. The summed E-state index contributed by atoms with van der Waals surface area (Å²) < 4.78 is 5.58. The van der Waals surface area contributed by atoms with Crippen LogP contribution in [0.2, 0.25) is 0 Å². The fourth-order valence-corrected chi connectivity index (χ4v) is 2.49. The summed E-state index contributed by atoms with van der Waals surface area (Å²) in [6.07, 6.45) is 0.990. The lowest BCUT2D eigenvalue weighted by Crippen LogP contribution is -2.37. The SMILES string of the molecule is CCc1ccc(OCC(=O)NC(CN(C)C)c2ccccc2)cc1. The van der Waals surface area contributed by atoms with Crippen molar-refractivity contribution in [2.75, 3.05) is 27.2 Å². The van der Waals surface area contributed by atoms with Crippen LogP contribution in [0.25, 0.3) is 0 Å². The summed E-state index contributed by atoms with van der Waals surface area (Å²) in [7, 11) is 3.99. The molecule has 0 aliphatic heterocycles. The summed E-state index contributed by atoms with van der Waals surface area (Å²) in [5.74, 6) is 0.594. The Bertz CT molecular complexity index is 624. The van der Waals surface area contributed by atoms with Crippen molar-refractivity contribution in [3.05, 3.63) is 65.7 Å². The van der Waals surface area contributed by atoms with Crippen LogP contribution in [-0.2, 0) is 11.2 Å². The number of aryl methyl sites for hydroxylation is 1. The van der Waals surface area contributed by atoms with Gasteiger partial charge in [0.15, 0.2) is 6.61 Å². The van der Waals surface area contributed by atoms with E-state index in [1.54, 1.807) is 0 Å². The van der Waals surface area contributed by atoms with E-state index in [1.165, 1.54) is 5.56 Å². The van der Waals surface area contributed by atoms with Crippen LogP contribution in [0.5, 0.6) is 5.75 Å². The maximum Gasteiger partial charge on any atom is 0.258 e. The first-order valence-corrected chi connectivity index (χ1v) is 8.29. The smallest absolute Gasteiger partial charge is 0.258 e. The number of ether oxygens (including phenoxy) is 1. The lowest BCUT2D eigenvalue weighted by atomic mass is 10.1. The van der Waals surface area contributed by atoms with Gasteiger partial charge in [0, 0.05) is 6.54 Å². The molecule has 0 saturated carbocycles. The third-order valence-electron chi connectivity index (χ3n) is 3.79. The molecule has 1 amide bonds. The minimum absolute atomic E-state index is 0.0161. The highest BCUT2D eigenvalue weighted by Gasteiger charge is 2.15. The molecule has 4 nitrogen and oxygen atoms in total. The Hall–Kier alpha value is -2.33. The number of amides is 1. The fraction of sp³-hybridized carbons (Fsp3) is 0.350. The fourth-order valence-electron chi connectivity index (χ4n) is 2.49. The minimum atomic E-state index is -0.120. The van der Waals surface area contributed by atoms with Gasteiger partial charge in [-0.2, -0.15) is 0 Å². The third-order valence-corrected chi connectivity index (χ3v) is 3.79. The number of likely N-dealkylation sites (N-methyl/N-ethyl adjacent to an activating group) is 1. The molecule has 1 unspecified atom stereocenters. The van der Waals surface area contributed by atoms with E-state index >= 15 is 0 Å². The number of carbonyl (C=O) groups excluding carboxylic acids is 1. The van der Waals surface area contributed by atoms with Gasteiger partial charge >= 0.3 is 0 Å². The molecule has 0 aliphatic rings. The molecule has 0 saturated heterocycles. The number of rotatable bonds is 8. The van der Waals surface area contributed by atoms with Crippen molar-refractivity contribution < 1.29 is 9.53 Å². The van der Waals surface area contributed by atoms with Gasteiger partial charge in [-0.1, -0.05) is 49.4 Å². The highest BCUT2D eigenvalue weighted by molar-refractivity contribution is 5.78. The predicted octanol–water partition coefficient (Wildman–Crippen LogP) is 3.05. The van der Waals surface area contributed by atoms with E-state index in [4.69, 9.17) is 4.74 Å². The zero-order valence-electron chi connectivity index (χ0n) is 14.7. The number of benzene rings is 2. The molecule has 2 rings (SSSR count). The zero-order valence-corrected chi connectivity index (χ0v) is 14.7. The van der Waals surface area contributed by atoms with Gasteiger partial charge < -0.3 is 15.0 Å². The Morgan fingerprint density at radius 1 is 1.08 bits per heavy atom. The molecule has 24 heavy (non-hydrogen) atoms. The molecular formula is C20H26N2O2. The summed E-state index contributed by atoms with van der Waals surface area (Å²) in [5.41, 5.74) is 2.34. The Kier molecular flexibility index (Phi) is 6.82. The monoisotopic (exact) mass is 326 g/mol. The zero-order chi connectivity index (χ0) is 17.4. The molecule has 0 bridgehead atoms. The van der Waals surface area contributed by atoms with Crippen LogP contribution in [0.15, 0.2) is 54.6 Å². The largest absolute Gasteiger partial charge is 0.484 e. The molecule has 0 heterocycles. The summed E-state index contributed by atoms with van der Waals surface area (Å²) >= 11 is 0. The molecule has 0 spiro atoms. The summed E-state index contributed by atoms with van der Waals surface area (Å²) in [4.78, 5) is 14.3. The van der Waals surface area contributed by atoms with Gasteiger partial charge in [-0.25, -0.2) is 0 Å². The second kappa shape index (κ2) is 9.08. The molecule has 128 valence electrons. The van der Waals surface area contributed by atoms with Crippen molar-refractivity contribution in [2.24, 2.45) is 0 Å². The van der Waals surface area contributed by atoms with Crippen molar-refractivity contribution in [2.45, 2.75) is 19.4 Å². The van der Waals surface area contributed by atoms with Crippen molar-refractivity contribution in [1.29, 1.82) is 0 Å². The quantitative estimate of drug-likeness (QED) is 0.811. The molecule has 4 heteroatoms. The number of hydrogen-bond donors (Lipinski definition) is 1. The maximum atomic E-state index is 12.3. The highest BCUT2D eigenvalue weighted by Crippen LogP contribution is 2.14. The lowest BCUT2D eigenvalue weighted by Gasteiger charge is -2.23. The normalized spacial score (nSPS) is 12.0. The average Bonchev–Trinajstić information content (AvgIpc) is 2.60. The number of carbonyl (C=O) groups is 1. The van der Waals surface area contributed by atoms with Gasteiger partial charge in [0.2, 0.25) is 0 Å². The first kappa shape index (κ1) is 18.0. The third kappa shape index (κ3) is 5.70. The first-order chi connectivity index (χ1) is 11.6. The van der Waals surface area contributed by atoms with Gasteiger partial charge in [-0.05, 0) is 43.8 Å². The van der Waals surface area contributed by atoms with Gasteiger partial charge in [0.05, 0.1) is 6.04 Å². The van der Waals surface area contributed by atoms with Crippen LogP contribution in [0.3, 0.4) is 0 Å².